The Morgan fingerprint density at radius 2 is 1.94 bits per heavy atom. The van der Waals surface area contributed by atoms with Crippen molar-refractivity contribution in [2.75, 3.05) is 10.7 Å². The summed E-state index contributed by atoms with van der Waals surface area (Å²) >= 11 is 0. The first-order valence-electron chi connectivity index (χ1n) is 5.46. The lowest BCUT2D eigenvalue weighted by molar-refractivity contribution is 0.0443. The second kappa shape index (κ2) is 4.72. The fourth-order valence-electron chi connectivity index (χ4n) is 1.41. The number of hydrogen-bond acceptors (Lipinski definition) is 4. The lowest BCUT2D eigenvalue weighted by Crippen LogP contribution is -2.49. The van der Waals surface area contributed by atoms with Crippen molar-refractivity contribution < 1.29 is 5.11 Å². The molecule has 0 aliphatic heterocycles. The first-order chi connectivity index (χ1) is 7.40. The van der Waals surface area contributed by atoms with Crippen LogP contribution in [-0.4, -0.2) is 11.3 Å². The predicted molar refractivity (Wildman–Crippen MR) is 67.6 cm³/mol. The molecule has 5 N–H and O–H groups in total. The third-order valence-corrected chi connectivity index (χ3v) is 3.09. The number of para-hydroxylation sites is 2. The standard InChI is InChI=1S/C12H21N3O/c1-4-12(2,3)11(16)15(14)10-8-6-5-7-9(10)13/h5-8,11,16H,4,13-14H2,1-3H3. The fraction of sp³-hybridized carbons (Fsp3) is 0.500. The molecule has 1 unspecified atom stereocenters. The van der Waals surface area contributed by atoms with E-state index in [4.69, 9.17) is 11.6 Å². The van der Waals surface area contributed by atoms with E-state index in [1.807, 2.05) is 32.9 Å². The van der Waals surface area contributed by atoms with E-state index in [-0.39, 0.29) is 5.41 Å². The van der Waals surface area contributed by atoms with Crippen LogP contribution < -0.4 is 16.6 Å². The third-order valence-electron chi connectivity index (χ3n) is 3.09. The van der Waals surface area contributed by atoms with E-state index < -0.39 is 6.23 Å². The third kappa shape index (κ3) is 2.46. The summed E-state index contributed by atoms with van der Waals surface area (Å²) < 4.78 is 0. The van der Waals surface area contributed by atoms with Gasteiger partial charge in [0.2, 0.25) is 0 Å². The van der Waals surface area contributed by atoms with Crippen LogP contribution >= 0.6 is 0 Å². The van der Waals surface area contributed by atoms with Gasteiger partial charge in [-0.3, -0.25) is 5.01 Å². The first kappa shape index (κ1) is 12.8. The highest BCUT2D eigenvalue weighted by molar-refractivity contribution is 5.66. The number of nitrogen functional groups attached to an aromatic ring is 1. The number of nitrogens with zero attached hydrogens (tertiary/aromatic N) is 1. The number of aliphatic hydroxyl groups excluding tert-OH is 1. The molecule has 0 fully saturated rings. The smallest absolute Gasteiger partial charge is 0.145 e. The van der Waals surface area contributed by atoms with Crippen molar-refractivity contribution in [2.24, 2.45) is 11.3 Å². The number of anilines is 2. The van der Waals surface area contributed by atoms with Gasteiger partial charge in [0.25, 0.3) is 0 Å². The van der Waals surface area contributed by atoms with Gasteiger partial charge in [0, 0.05) is 5.41 Å². The number of benzene rings is 1. The molecule has 4 heteroatoms. The van der Waals surface area contributed by atoms with Gasteiger partial charge in [0.05, 0.1) is 11.4 Å². The topological polar surface area (TPSA) is 75.5 Å². The molecule has 0 spiro atoms. The summed E-state index contributed by atoms with van der Waals surface area (Å²) in [5.41, 5.74) is 6.75. The second-order valence-corrected chi connectivity index (χ2v) is 4.68. The maximum Gasteiger partial charge on any atom is 0.145 e. The van der Waals surface area contributed by atoms with Crippen LogP contribution in [0.15, 0.2) is 24.3 Å². The van der Waals surface area contributed by atoms with E-state index in [0.29, 0.717) is 11.4 Å². The molecule has 0 saturated heterocycles. The molecule has 0 amide bonds. The maximum atomic E-state index is 10.2. The molecule has 16 heavy (non-hydrogen) atoms. The van der Waals surface area contributed by atoms with Gasteiger partial charge >= 0.3 is 0 Å². The van der Waals surface area contributed by atoms with Crippen molar-refractivity contribution in [1.82, 2.24) is 0 Å². The minimum absolute atomic E-state index is 0.281. The molecule has 0 aliphatic carbocycles. The van der Waals surface area contributed by atoms with Gasteiger partial charge in [-0.15, -0.1) is 0 Å². The lowest BCUT2D eigenvalue weighted by Gasteiger charge is -2.36. The number of rotatable bonds is 4. The van der Waals surface area contributed by atoms with Crippen LogP contribution in [0.3, 0.4) is 0 Å². The number of hydrazine groups is 1. The van der Waals surface area contributed by atoms with Gasteiger partial charge in [-0.05, 0) is 18.6 Å². The molecule has 0 saturated carbocycles. The first-order valence-corrected chi connectivity index (χ1v) is 5.46. The second-order valence-electron chi connectivity index (χ2n) is 4.68. The average molecular weight is 223 g/mol. The van der Waals surface area contributed by atoms with E-state index in [1.54, 1.807) is 12.1 Å². The molecule has 1 aromatic rings. The quantitative estimate of drug-likeness (QED) is 0.314. The summed E-state index contributed by atoms with van der Waals surface area (Å²) in [4.78, 5) is 0. The van der Waals surface area contributed by atoms with Crippen molar-refractivity contribution in [3.63, 3.8) is 0 Å². The Morgan fingerprint density at radius 1 is 1.38 bits per heavy atom. The van der Waals surface area contributed by atoms with E-state index in [1.165, 1.54) is 5.01 Å². The zero-order chi connectivity index (χ0) is 12.3. The van der Waals surface area contributed by atoms with Crippen LogP contribution in [0.1, 0.15) is 27.2 Å². The van der Waals surface area contributed by atoms with Crippen molar-refractivity contribution in [3.8, 4) is 0 Å². The number of nitrogens with two attached hydrogens (primary N) is 2. The molecule has 1 aromatic carbocycles. The average Bonchev–Trinajstić information content (AvgIpc) is 2.27. The van der Waals surface area contributed by atoms with Gasteiger partial charge in [0.15, 0.2) is 0 Å². The van der Waals surface area contributed by atoms with Gasteiger partial charge in [-0.2, -0.15) is 0 Å². The SMILES string of the molecule is CCC(C)(C)C(O)N(N)c1ccccc1N. The van der Waals surface area contributed by atoms with Crippen LogP contribution in [0.2, 0.25) is 0 Å². The molecule has 0 heterocycles. The van der Waals surface area contributed by atoms with E-state index >= 15 is 0 Å². The number of aliphatic hydroxyl groups is 1. The van der Waals surface area contributed by atoms with Crippen LogP contribution in [0.5, 0.6) is 0 Å². The largest absolute Gasteiger partial charge is 0.397 e. The maximum absolute atomic E-state index is 10.2. The molecule has 0 radical (unpaired) electrons. The Morgan fingerprint density at radius 3 is 2.44 bits per heavy atom. The summed E-state index contributed by atoms with van der Waals surface area (Å²) in [7, 11) is 0. The van der Waals surface area contributed by atoms with E-state index in [2.05, 4.69) is 0 Å². The van der Waals surface area contributed by atoms with Crippen molar-refractivity contribution in [1.29, 1.82) is 0 Å². The van der Waals surface area contributed by atoms with Gasteiger partial charge in [-0.1, -0.05) is 32.9 Å². The molecule has 0 aliphatic rings. The summed E-state index contributed by atoms with van der Waals surface area (Å²) in [6, 6.07) is 7.24. The normalized spacial score (nSPS) is 13.6. The van der Waals surface area contributed by atoms with Gasteiger partial charge in [-0.25, -0.2) is 5.84 Å². The molecule has 1 rings (SSSR count). The summed E-state index contributed by atoms with van der Waals surface area (Å²) in [5, 5.41) is 11.5. The van der Waals surface area contributed by atoms with Crippen LogP contribution in [0.4, 0.5) is 11.4 Å². The Balaban J connectivity index is 2.95. The fourth-order valence-corrected chi connectivity index (χ4v) is 1.41. The molecular weight excluding hydrogens is 202 g/mol. The van der Waals surface area contributed by atoms with Gasteiger partial charge < -0.3 is 10.8 Å². The highest BCUT2D eigenvalue weighted by atomic mass is 16.3. The van der Waals surface area contributed by atoms with E-state index in [0.717, 1.165) is 6.42 Å². The van der Waals surface area contributed by atoms with Gasteiger partial charge in [0.1, 0.15) is 6.23 Å². The number of hydrogen-bond donors (Lipinski definition) is 3. The molecule has 1 atom stereocenters. The zero-order valence-electron chi connectivity index (χ0n) is 10.1. The predicted octanol–water partition coefficient (Wildman–Crippen LogP) is 1.70. The minimum Gasteiger partial charge on any atom is -0.397 e. The van der Waals surface area contributed by atoms with Crippen LogP contribution in [-0.2, 0) is 0 Å². The van der Waals surface area contributed by atoms with Crippen molar-refractivity contribution >= 4 is 11.4 Å². The molecule has 0 bridgehead atoms. The Hall–Kier alpha value is -1.26. The molecular formula is C12H21N3O. The minimum atomic E-state index is -0.762. The molecule has 4 nitrogen and oxygen atoms in total. The monoisotopic (exact) mass is 223 g/mol. The summed E-state index contributed by atoms with van der Waals surface area (Å²) in [6.45, 7) is 5.96. The Bertz CT molecular complexity index is 352. The summed E-state index contributed by atoms with van der Waals surface area (Å²) in [5.74, 6) is 5.90. The van der Waals surface area contributed by atoms with E-state index in [9.17, 15) is 5.11 Å². The van der Waals surface area contributed by atoms with Crippen molar-refractivity contribution in [3.05, 3.63) is 24.3 Å². The zero-order valence-corrected chi connectivity index (χ0v) is 10.1. The van der Waals surface area contributed by atoms with Crippen LogP contribution in [0, 0.1) is 5.41 Å². The highest BCUT2D eigenvalue weighted by Crippen LogP contribution is 2.30. The van der Waals surface area contributed by atoms with Crippen molar-refractivity contribution in [2.45, 2.75) is 33.4 Å². The summed E-state index contributed by atoms with van der Waals surface area (Å²) in [6.07, 6.45) is 0.0661. The Labute approximate surface area is 96.8 Å². The lowest BCUT2D eigenvalue weighted by atomic mass is 9.87. The van der Waals surface area contributed by atoms with Crippen LogP contribution in [0.25, 0.3) is 0 Å². The highest BCUT2D eigenvalue weighted by Gasteiger charge is 2.30. The molecule has 90 valence electrons. The molecule has 0 aromatic heterocycles. The Kier molecular flexibility index (Phi) is 3.78.